The lowest BCUT2D eigenvalue weighted by Gasteiger charge is -2.15. The molecule has 0 spiro atoms. The Bertz CT molecular complexity index is 2990. The van der Waals surface area contributed by atoms with Gasteiger partial charge in [0.1, 0.15) is 0 Å². The van der Waals surface area contributed by atoms with Crippen LogP contribution in [-0.2, 0) is 6.54 Å². The zero-order valence-corrected chi connectivity index (χ0v) is 31.2. The van der Waals surface area contributed by atoms with Crippen LogP contribution in [0.15, 0.2) is 205 Å². The highest BCUT2D eigenvalue weighted by Gasteiger charge is 2.18. The van der Waals surface area contributed by atoms with E-state index in [9.17, 15) is 0 Å². The van der Waals surface area contributed by atoms with Gasteiger partial charge < -0.3 is 9.88 Å². The number of anilines is 1. The van der Waals surface area contributed by atoms with Gasteiger partial charge in [-0.3, -0.25) is 4.99 Å². The van der Waals surface area contributed by atoms with E-state index >= 15 is 0 Å². The summed E-state index contributed by atoms with van der Waals surface area (Å²) in [6, 6.07) is 72.0. The second kappa shape index (κ2) is 14.2. The molecular formula is C53H39N3. The first-order chi connectivity index (χ1) is 27.7. The minimum absolute atomic E-state index is 0.528. The summed E-state index contributed by atoms with van der Waals surface area (Å²) in [6.45, 7) is 0.528. The number of nitrogens with zero attached hydrogens (tertiary/aromatic N) is 2. The van der Waals surface area contributed by atoms with Crippen molar-refractivity contribution in [2.24, 2.45) is 4.99 Å². The van der Waals surface area contributed by atoms with Crippen molar-refractivity contribution in [3.63, 3.8) is 0 Å². The van der Waals surface area contributed by atoms with Crippen LogP contribution in [-0.4, -0.2) is 17.3 Å². The van der Waals surface area contributed by atoms with Crippen LogP contribution in [0.25, 0.3) is 71.3 Å². The first kappa shape index (κ1) is 33.3. The van der Waals surface area contributed by atoms with Crippen LogP contribution in [0.4, 0.5) is 5.69 Å². The minimum Gasteiger partial charge on any atom is -0.388 e. The fraction of sp³-hybridized carbons (Fsp3) is 0.0377. The van der Waals surface area contributed by atoms with Crippen molar-refractivity contribution in [2.45, 2.75) is 6.54 Å². The molecule has 56 heavy (non-hydrogen) atoms. The van der Waals surface area contributed by atoms with Gasteiger partial charge in [0, 0.05) is 40.3 Å². The standard InChI is InChI=1S/C53H39N3/c1-54-48-24-10-9-23-47(48)53(43-19-12-18-42(34-43)39-27-25-38(26-28-39)37-14-3-2-4-15-37)55-35-36-13-11-20-44(33-36)56-49-31-29-40-16-5-7-21-45(40)51(49)52-46-22-8-6-17-41(46)30-32-50(52)56/h2-34,54H,35H2,1H3. The van der Waals surface area contributed by atoms with Gasteiger partial charge in [0.15, 0.2) is 0 Å². The predicted molar refractivity (Wildman–Crippen MR) is 238 cm³/mol. The van der Waals surface area contributed by atoms with E-state index in [2.05, 4.69) is 210 Å². The van der Waals surface area contributed by atoms with Gasteiger partial charge in [0.05, 0.1) is 23.3 Å². The molecule has 0 amide bonds. The Kier molecular flexibility index (Phi) is 8.46. The SMILES string of the molecule is CNc1ccccc1C(=NCc1cccc(-n2c3ccc4ccccc4c3c3c4ccccc4ccc32)c1)c1cccc(-c2ccc(-c3ccccc3)cc2)c1. The number of aromatic nitrogens is 1. The molecule has 3 nitrogen and oxygen atoms in total. The molecule has 0 aliphatic heterocycles. The number of benzene rings is 9. The lowest BCUT2D eigenvalue weighted by Crippen LogP contribution is -2.08. The molecule has 0 saturated carbocycles. The fourth-order valence-electron chi connectivity index (χ4n) is 8.36. The molecular weight excluding hydrogens is 679 g/mol. The molecule has 1 heterocycles. The highest BCUT2D eigenvalue weighted by atomic mass is 15.0. The van der Waals surface area contributed by atoms with Crippen LogP contribution in [0.1, 0.15) is 16.7 Å². The molecule has 3 heteroatoms. The van der Waals surface area contributed by atoms with E-state index in [1.807, 2.05) is 7.05 Å². The Hall–Kier alpha value is -7.23. The highest BCUT2D eigenvalue weighted by molar-refractivity contribution is 6.28. The minimum atomic E-state index is 0.528. The van der Waals surface area contributed by atoms with E-state index < -0.39 is 0 Å². The second-order valence-corrected chi connectivity index (χ2v) is 14.4. The number of nitrogens with one attached hydrogen (secondary N) is 1. The first-order valence-electron chi connectivity index (χ1n) is 19.2. The molecule has 0 fully saturated rings. The summed E-state index contributed by atoms with van der Waals surface area (Å²) in [5.74, 6) is 0. The molecule has 9 aromatic carbocycles. The van der Waals surface area contributed by atoms with Crippen molar-refractivity contribution in [3.8, 4) is 27.9 Å². The van der Waals surface area contributed by atoms with Gasteiger partial charge in [-0.2, -0.15) is 0 Å². The van der Waals surface area contributed by atoms with Crippen molar-refractivity contribution in [3.05, 3.63) is 217 Å². The van der Waals surface area contributed by atoms with E-state index in [1.165, 1.54) is 60.0 Å². The Morgan fingerprint density at radius 2 is 1.05 bits per heavy atom. The van der Waals surface area contributed by atoms with Crippen LogP contribution in [0.3, 0.4) is 0 Å². The third kappa shape index (κ3) is 5.91. The molecule has 10 rings (SSSR count). The lowest BCUT2D eigenvalue weighted by atomic mass is 9.95. The van der Waals surface area contributed by atoms with E-state index in [-0.39, 0.29) is 0 Å². The van der Waals surface area contributed by atoms with Crippen molar-refractivity contribution in [1.82, 2.24) is 4.57 Å². The molecule has 0 atom stereocenters. The van der Waals surface area contributed by atoms with Crippen LogP contribution in [0.2, 0.25) is 0 Å². The molecule has 0 aliphatic rings. The van der Waals surface area contributed by atoms with Gasteiger partial charge in [-0.15, -0.1) is 0 Å². The fourth-order valence-corrected chi connectivity index (χ4v) is 8.36. The molecule has 0 bridgehead atoms. The number of hydrogen-bond acceptors (Lipinski definition) is 2. The number of fused-ring (bicyclic) bond motifs is 7. The third-order valence-electron chi connectivity index (χ3n) is 11.0. The zero-order valence-electron chi connectivity index (χ0n) is 31.2. The summed E-state index contributed by atoms with van der Waals surface area (Å²) >= 11 is 0. The number of para-hydroxylation sites is 1. The van der Waals surface area contributed by atoms with Gasteiger partial charge in [0.2, 0.25) is 0 Å². The maximum Gasteiger partial charge on any atom is 0.0744 e. The van der Waals surface area contributed by atoms with Crippen molar-refractivity contribution in [2.75, 3.05) is 12.4 Å². The molecule has 266 valence electrons. The van der Waals surface area contributed by atoms with Crippen LogP contribution in [0, 0.1) is 0 Å². The number of rotatable bonds is 8. The largest absolute Gasteiger partial charge is 0.388 e. The molecule has 0 saturated heterocycles. The van der Waals surface area contributed by atoms with E-state index in [0.29, 0.717) is 6.54 Å². The monoisotopic (exact) mass is 717 g/mol. The number of hydrogen-bond donors (Lipinski definition) is 1. The third-order valence-corrected chi connectivity index (χ3v) is 11.0. The summed E-state index contributed by atoms with van der Waals surface area (Å²) in [7, 11) is 1.97. The van der Waals surface area contributed by atoms with Crippen LogP contribution >= 0.6 is 0 Å². The van der Waals surface area contributed by atoms with E-state index in [0.717, 1.165) is 39.3 Å². The summed E-state index contributed by atoms with van der Waals surface area (Å²) in [4.78, 5) is 5.43. The quantitative estimate of drug-likeness (QED) is 0.156. The second-order valence-electron chi connectivity index (χ2n) is 14.4. The molecule has 1 N–H and O–H groups in total. The normalized spacial score (nSPS) is 11.8. The Labute approximate surface area is 326 Å². The Morgan fingerprint density at radius 3 is 1.75 bits per heavy atom. The highest BCUT2D eigenvalue weighted by Crippen LogP contribution is 2.40. The average molecular weight is 718 g/mol. The maximum atomic E-state index is 5.43. The summed E-state index contributed by atoms with van der Waals surface area (Å²) in [5.41, 5.74) is 13.6. The van der Waals surface area contributed by atoms with Gasteiger partial charge >= 0.3 is 0 Å². The topological polar surface area (TPSA) is 29.3 Å². The number of aliphatic imine (C=N–C) groups is 1. The molecule has 0 aliphatic carbocycles. The van der Waals surface area contributed by atoms with Gasteiger partial charge in [-0.05, 0) is 85.8 Å². The molecule has 0 radical (unpaired) electrons. The lowest BCUT2D eigenvalue weighted by molar-refractivity contribution is 1.05. The molecule has 10 aromatic rings. The van der Waals surface area contributed by atoms with Crippen molar-refractivity contribution < 1.29 is 0 Å². The Balaban J connectivity index is 1.07. The van der Waals surface area contributed by atoms with Crippen LogP contribution < -0.4 is 5.32 Å². The van der Waals surface area contributed by atoms with Gasteiger partial charge in [-0.1, -0.05) is 164 Å². The van der Waals surface area contributed by atoms with E-state index in [4.69, 9.17) is 4.99 Å². The van der Waals surface area contributed by atoms with Crippen LogP contribution in [0.5, 0.6) is 0 Å². The van der Waals surface area contributed by atoms with Crippen molar-refractivity contribution >= 4 is 54.7 Å². The Morgan fingerprint density at radius 1 is 0.482 bits per heavy atom. The van der Waals surface area contributed by atoms with E-state index in [1.54, 1.807) is 0 Å². The zero-order chi connectivity index (χ0) is 37.4. The van der Waals surface area contributed by atoms with Crippen molar-refractivity contribution in [1.29, 1.82) is 0 Å². The molecule has 0 unspecified atom stereocenters. The summed E-state index contributed by atoms with van der Waals surface area (Å²) in [6.07, 6.45) is 0. The summed E-state index contributed by atoms with van der Waals surface area (Å²) in [5, 5.41) is 11.0. The average Bonchev–Trinajstić information content (AvgIpc) is 3.63. The first-order valence-corrected chi connectivity index (χ1v) is 19.2. The smallest absolute Gasteiger partial charge is 0.0744 e. The molecule has 1 aromatic heterocycles. The van der Waals surface area contributed by atoms with Gasteiger partial charge in [0.25, 0.3) is 0 Å². The van der Waals surface area contributed by atoms with Gasteiger partial charge in [-0.25, -0.2) is 0 Å². The summed E-state index contributed by atoms with van der Waals surface area (Å²) < 4.78 is 2.43. The maximum absolute atomic E-state index is 5.43. The predicted octanol–water partition coefficient (Wildman–Crippen LogP) is 13.5.